The molecule has 1 aromatic heterocycles. The van der Waals surface area contributed by atoms with Crippen molar-refractivity contribution in [3.8, 4) is 5.88 Å². The Balaban J connectivity index is 3.02. The number of rotatable bonds is 6. The van der Waals surface area contributed by atoms with E-state index < -0.39 is 5.54 Å². The Labute approximate surface area is 113 Å². The van der Waals surface area contributed by atoms with Gasteiger partial charge in [0.2, 0.25) is 5.88 Å². The molecule has 0 saturated heterocycles. The number of aryl methyl sites for hydroxylation is 1. The maximum Gasteiger partial charge on any atom is 0.331 e. The molecule has 1 unspecified atom stereocenters. The molecule has 0 bridgehead atoms. The molecule has 0 aliphatic heterocycles. The van der Waals surface area contributed by atoms with Crippen LogP contribution >= 0.6 is 0 Å². The van der Waals surface area contributed by atoms with Crippen molar-refractivity contribution >= 4 is 11.8 Å². The Kier molecular flexibility index (Phi) is 5.09. The maximum atomic E-state index is 11.9. The number of ether oxygens (including phenoxy) is 2. The second-order valence-corrected chi connectivity index (χ2v) is 4.54. The van der Waals surface area contributed by atoms with Gasteiger partial charge in [-0.3, -0.25) is 0 Å². The largest absolute Gasteiger partial charge is 0.481 e. The van der Waals surface area contributed by atoms with Crippen molar-refractivity contribution in [3.05, 3.63) is 11.9 Å². The minimum atomic E-state index is -0.810. The molecule has 1 heterocycles. The lowest BCUT2D eigenvalue weighted by Crippen LogP contribution is -2.44. The molecule has 0 radical (unpaired) electrons. The van der Waals surface area contributed by atoms with Crippen LogP contribution in [0.2, 0.25) is 0 Å². The van der Waals surface area contributed by atoms with Crippen LogP contribution in [0.15, 0.2) is 6.07 Å². The van der Waals surface area contributed by atoms with Gasteiger partial charge in [0, 0.05) is 6.07 Å². The number of methoxy groups -OCH3 is 2. The van der Waals surface area contributed by atoms with Crippen molar-refractivity contribution in [2.24, 2.45) is 0 Å². The summed E-state index contributed by atoms with van der Waals surface area (Å²) >= 11 is 0. The molecule has 0 aromatic carbocycles. The van der Waals surface area contributed by atoms with Gasteiger partial charge in [0.15, 0.2) is 0 Å². The number of nitrogens with zero attached hydrogens (tertiary/aromatic N) is 2. The predicted octanol–water partition coefficient (Wildman–Crippen LogP) is 1.94. The van der Waals surface area contributed by atoms with Gasteiger partial charge < -0.3 is 14.8 Å². The summed E-state index contributed by atoms with van der Waals surface area (Å²) in [5.41, 5.74) is -0.810. The molecule has 6 heteroatoms. The predicted molar refractivity (Wildman–Crippen MR) is 72.3 cm³/mol. The molecule has 1 atom stereocenters. The Bertz CT molecular complexity index is 451. The standard InChI is InChI=1S/C13H21N3O3/c1-6-7-13(3,12(17)19-5)16-10-8-11(18-4)15-9(2)14-10/h8H,6-7H2,1-5H3,(H,14,15,16). The van der Waals surface area contributed by atoms with Crippen LogP contribution in [0.4, 0.5) is 5.82 Å². The average Bonchev–Trinajstić information content (AvgIpc) is 2.37. The van der Waals surface area contributed by atoms with Crippen molar-refractivity contribution < 1.29 is 14.3 Å². The van der Waals surface area contributed by atoms with Crippen LogP contribution in [0.5, 0.6) is 5.88 Å². The zero-order chi connectivity index (χ0) is 14.5. The van der Waals surface area contributed by atoms with E-state index in [-0.39, 0.29) is 5.97 Å². The average molecular weight is 267 g/mol. The summed E-state index contributed by atoms with van der Waals surface area (Å²) in [4.78, 5) is 20.3. The highest BCUT2D eigenvalue weighted by atomic mass is 16.5. The lowest BCUT2D eigenvalue weighted by atomic mass is 9.96. The molecule has 0 amide bonds. The molecular weight excluding hydrogens is 246 g/mol. The highest BCUT2D eigenvalue weighted by Gasteiger charge is 2.33. The normalized spacial score (nSPS) is 13.5. The van der Waals surface area contributed by atoms with Crippen molar-refractivity contribution in [1.82, 2.24) is 9.97 Å². The van der Waals surface area contributed by atoms with Crippen LogP contribution in [-0.2, 0) is 9.53 Å². The van der Waals surface area contributed by atoms with Crippen molar-refractivity contribution in [1.29, 1.82) is 0 Å². The van der Waals surface area contributed by atoms with Crippen LogP contribution in [0.25, 0.3) is 0 Å². The SMILES string of the molecule is CCCC(C)(Nc1cc(OC)nc(C)n1)C(=O)OC. The van der Waals surface area contributed by atoms with Gasteiger partial charge >= 0.3 is 5.97 Å². The van der Waals surface area contributed by atoms with Crippen molar-refractivity contribution in [2.75, 3.05) is 19.5 Å². The number of carbonyl (C=O) groups is 1. The fourth-order valence-electron chi connectivity index (χ4n) is 1.93. The van der Waals surface area contributed by atoms with E-state index >= 15 is 0 Å². The van der Waals surface area contributed by atoms with E-state index in [1.165, 1.54) is 14.2 Å². The first-order chi connectivity index (χ1) is 8.95. The highest BCUT2D eigenvalue weighted by molar-refractivity contribution is 5.83. The first-order valence-corrected chi connectivity index (χ1v) is 6.21. The minimum absolute atomic E-state index is 0.315. The first kappa shape index (κ1) is 15.2. The number of aromatic nitrogens is 2. The third-order valence-electron chi connectivity index (χ3n) is 2.81. The van der Waals surface area contributed by atoms with Gasteiger partial charge in [0.05, 0.1) is 14.2 Å². The molecule has 6 nitrogen and oxygen atoms in total. The number of carbonyl (C=O) groups excluding carboxylic acids is 1. The van der Waals surface area contributed by atoms with Crippen LogP contribution in [0.3, 0.4) is 0 Å². The monoisotopic (exact) mass is 267 g/mol. The molecule has 106 valence electrons. The Morgan fingerprint density at radius 1 is 1.42 bits per heavy atom. The number of hydrogen-bond donors (Lipinski definition) is 1. The van der Waals surface area contributed by atoms with Gasteiger partial charge in [-0.2, -0.15) is 4.98 Å². The molecule has 0 spiro atoms. The zero-order valence-corrected chi connectivity index (χ0v) is 12.1. The van der Waals surface area contributed by atoms with Gasteiger partial charge in [0.25, 0.3) is 0 Å². The topological polar surface area (TPSA) is 73.3 Å². The zero-order valence-electron chi connectivity index (χ0n) is 12.1. The van der Waals surface area contributed by atoms with E-state index in [1.54, 1.807) is 19.9 Å². The van der Waals surface area contributed by atoms with Gasteiger partial charge in [-0.15, -0.1) is 0 Å². The van der Waals surface area contributed by atoms with Crippen molar-refractivity contribution in [2.45, 2.75) is 39.2 Å². The van der Waals surface area contributed by atoms with Crippen molar-refractivity contribution in [3.63, 3.8) is 0 Å². The van der Waals surface area contributed by atoms with E-state index in [0.29, 0.717) is 23.9 Å². The highest BCUT2D eigenvalue weighted by Crippen LogP contribution is 2.22. The lowest BCUT2D eigenvalue weighted by Gasteiger charge is -2.28. The van der Waals surface area contributed by atoms with E-state index in [4.69, 9.17) is 9.47 Å². The maximum absolute atomic E-state index is 11.9. The summed E-state index contributed by atoms with van der Waals surface area (Å²) in [6.07, 6.45) is 1.49. The van der Waals surface area contributed by atoms with Crippen LogP contribution < -0.4 is 10.1 Å². The van der Waals surface area contributed by atoms with Crippen LogP contribution in [0, 0.1) is 6.92 Å². The smallest absolute Gasteiger partial charge is 0.331 e. The fraction of sp³-hybridized carbons (Fsp3) is 0.615. The quantitative estimate of drug-likeness (QED) is 0.794. The summed E-state index contributed by atoms with van der Waals surface area (Å²) in [5.74, 6) is 1.26. The fourth-order valence-corrected chi connectivity index (χ4v) is 1.93. The molecule has 0 saturated carbocycles. The molecule has 0 aliphatic carbocycles. The van der Waals surface area contributed by atoms with Gasteiger partial charge in [0.1, 0.15) is 17.2 Å². The van der Waals surface area contributed by atoms with Crippen LogP contribution in [-0.4, -0.2) is 35.7 Å². The molecule has 19 heavy (non-hydrogen) atoms. The van der Waals surface area contributed by atoms with E-state index in [1.807, 2.05) is 6.92 Å². The van der Waals surface area contributed by atoms with Gasteiger partial charge in [-0.25, -0.2) is 9.78 Å². The Morgan fingerprint density at radius 3 is 2.63 bits per heavy atom. The number of nitrogens with one attached hydrogen (secondary N) is 1. The second kappa shape index (κ2) is 6.36. The second-order valence-electron chi connectivity index (χ2n) is 4.54. The summed E-state index contributed by atoms with van der Waals surface area (Å²) in [6.45, 7) is 5.57. The summed E-state index contributed by atoms with van der Waals surface area (Å²) in [6, 6.07) is 1.66. The molecule has 1 aromatic rings. The first-order valence-electron chi connectivity index (χ1n) is 6.21. The Morgan fingerprint density at radius 2 is 2.11 bits per heavy atom. The molecule has 1 rings (SSSR count). The summed E-state index contributed by atoms with van der Waals surface area (Å²) < 4.78 is 9.94. The van der Waals surface area contributed by atoms with E-state index in [2.05, 4.69) is 15.3 Å². The third-order valence-corrected chi connectivity index (χ3v) is 2.81. The van der Waals surface area contributed by atoms with E-state index in [9.17, 15) is 4.79 Å². The third kappa shape index (κ3) is 3.81. The molecule has 0 fully saturated rings. The summed E-state index contributed by atoms with van der Waals surface area (Å²) in [5, 5.41) is 3.12. The van der Waals surface area contributed by atoms with E-state index in [0.717, 1.165) is 6.42 Å². The van der Waals surface area contributed by atoms with Crippen LogP contribution in [0.1, 0.15) is 32.5 Å². The molecular formula is C13H21N3O3. The number of anilines is 1. The molecule has 0 aliphatic rings. The Hall–Kier alpha value is -1.85. The lowest BCUT2D eigenvalue weighted by molar-refractivity contribution is -0.145. The van der Waals surface area contributed by atoms with Gasteiger partial charge in [-0.1, -0.05) is 13.3 Å². The minimum Gasteiger partial charge on any atom is -0.481 e. The number of hydrogen-bond acceptors (Lipinski definition) is 6. The molecule has 1 N–H and O–H groups in total. The number of esters is 1. The van der Waals surface area contributed by atoms with Gasteiger partial charge in [-0.05, 0) is 20.3 Å². The summed E-state index contributed by atoms with van der Waals surface area (Å²) in [7, 11) is 2.92.